The summed E-state index contributed by atoms with van der Waals surface area (Å²) in [5.74, 6) is 0.906. The molecule has 0 radical (unpaired) electrons. The second-order valence-electron chi connectivity index (χ2n) is 11.3. The zero-order chi connectivity index (χ0) is 33.3. The lowest BCUT2D eigenvalue weighted by Crippen LogP contribution is -2.30. The van der Waals surface area contributed by atoms with Crippen LogP contribution >= 0.6 is 15.9 Å². The van der Waals surface area contributed by atoms with Crippen LogP contribution in [-0.4, -0.2) is 51.8 Å². The maximum absolute atomic E-state index is 13.6. The van der Waals surface area contributed by atoms with Gasteiger partial charge in [0.05, 0.1) is 28.1 Å². The lowest BCUT2D eigenvalue weighted by Gasteiger charge is -2.29. The van der Waals surface area contributed by atoms with Gasteiger partial charge in [0.25, 0.3) is 0 Å². The Labute approximate surface area is 287 Å². The molecule has 0 bridgehead atoms. The molecule has 0 spiro atoms. The van der Waals surface area contributed by atoms with Crippen LogP contribution in [0.15, 0.2) is 102 Å². The predicted molar refractivity (Wildman–Crippen MR) is 186 cm³/mol. The number of pyridine rings is 2. The van der Waals surface area contributed by atoms with E-state index in [9.17, 15) is 12.8 Å². The first kappa shape index (κ1) is 33.2. The van der Waals surface area contributed by atoms with Crippen molar-refractivity contribution in [2.45, 2.75) is 37.9 Å². The van der Waals surface area contributed by atoms with Gasteiger partial charge in [-0.3, -0.25) is 14.9 Å². The number of fused-ring (bicyclic) bond motifs is 1. The highest BCUT2D eigenvalue weighted by atomic mass is 79.9. The van der Waals surface area contributed by atoms with Crippen LogP contribution in [0.2, 0.25) is 0 Å². The van der Waals surface area contributed by atoms with Gasteiger partial charge >= 0.3 is 0 Å². The van der Waals surface area contributed by atoms with Crippen molar-refractivity contribution in [3.8, 4) is 5.75 Å². The first-order valence-corrected chi connectivity index (χ1v) is 17.2. The summed E-state index contributed by atoms with van der Waals surface area (Å²) in [4.78, 5) is 19.8. The second kappa shape index (κ2) is 15.5. The van der Waals surface area contributed by atoms with Crippen molar-refractivity contribution in [3.63, 3.8) is 0 Å². The lowest BCUT2D eigenvalue weighted by molar-refractivity contribution is 0.0252. The summed E-state index contributed by atoms with van der Waals surface area (Å²) in [6.45, 7) is 1.27. The largest absolute Gasteiger partial charge is 0.489 e. The zero-order valence-electron chi connectivity index (χ0n) is 25.8. The van der Waals surface area contributed by atoms with Gasteiger partial charge < -0.3 is 14.8 Å². The summed E-state index contributed by atoms with van der Waals surface area (Å²) in [5.41, 5.74) is 4.32. The Bertz CT molecular complexity index is 2050. The van der Waals surface area contributed by atoms with Crippen LogP contribution in [0.4, 0.5) is 15.9 Å². The number of halogens is 2. The fourth-order valence-electron chi connectivity index (χ4n) is 5.56. The Morgan fingerprint density at radius 1 is 1.04 bits per heavy atom. The number of rotatable bonds is 14. The molecule has 4 heterocycles. The molecule has 0 saturated carbocycles. The van der Waals surface area contributed by atoms with Crippen molar-refractivity contribution in [2.75, 3.05) is 18.4 Å². The molecule has 1 atom stereocenters. The molecule has 1 aliphatic rings. The van der Waals surface area contributed by atoms with E-state index in [0.717, 1.165) is 32.5 Å². The van der Waals surface area contributed by atoms with E-state index in [1.165, 1.54) is 24.0 Å². The first-order valence-electron chi connectivity index (χ1n) is 15.3. The molecule has 1 aliphatic heterocycles. The predicted octanol–water partition coefficient (Wildman–Crippen LogP) is 6.74. The van der Waals surface area contributed by atoms with Crippen LogP contribution in [0.25, 0.3) is 10.9 Å². The minimum atomic E-state index is -2.32. The highest BCUT2D eigenvalue weighted by Gasteiger charge is 2.37. The molecular weight excluding hydrogens is 699 g/mol. The first-order chi connectivity index (χ1) is 23.4. The van der Waals surface area contributed by atoms with Crippen LogP contribution in [0.5, 0.6) is 5.75 Å². The molecule has 48 heavy (non-hydrogen) atoms. The quantitative estimate of drug-likeness (QED) is 0.123. The number of nitrogens with one attached hydrogen (secondary N) is 1. The monoisotopic (exact) mass is 730 g/mol. The van der Waals surface area contributed by atoms with E-state index in [-0.39, 0.29) is 12.4 Å². The minimum Gasteiger partial charge on any atom is -0.489 e. The summed E-state index contributed by atoms with van der Waals surface area (Å²) in [6.07, 6.45) is 11.1. The Morgan fingerprint density at radius 2 is 1.96 bits per heavy atom. The van der Waals surface area contributed by atoms with E-state index in [2.05, 4.69) is 36.2 Å². The summed E-state index contributed by atoms with van der Waals surface area (Å²) in [6, 6.07) is 19.5. The van der Waals surface area contributed by atoms with Crippen LogP contribution < -0.4 is 10.1 Å². The van der Waals surface area contributed by atoms with Crippen molar-refractivity contribution in [2.24, 2.45) is 0 Å². The molecule has 246 valence electrons. The highest BCUT2D eigenvalue weighted by Crippen LogP contribution is 2.39. The van der Waals surface area contributed by atoms with Gasteiger partial charge in [-0.25, -0.2) is 14.4 Å². The molecule has 1 N–H and O–H groups in total. The number of ether oxygens (including phenoxy) is 2. The molecule has 10 nitrogen and oxygen atoms in total. The van der Waals surface area contributed by atoms with Crippen LogP contribution in [-0.2, 0) is 33.7 Å². The van der Waals surface area contributed by atoms with Gasteiger partial charge in [-0.15, -0.1) is 0 Å². The van der Waals surface area contributed by atoms with E-state index in [1.54, 1.807) is 29.6 Å². The third-order valence-electron chi connectivity index (χ3n) is 7.95. The number of benzene rings is 2. The van der Waals surface area contributed by atoms with Crippen molar-refractivity contribution >= 4 is 54.1 Å². The standard InChI is InChI=1S/C35H32BrFN6O4S/c36-30-19-28(9-10-32(30)46-22-25-6-3-7-26(37)18-25)42-34-29-20-33(39-21-31(29)40-23-41-34)35(13-5-17-47-35)12-4-15-43(24-48(44)45)16-11-27-8-1-2-14-38-27/h1-3,5-10,14,17-21,23-24H,4,11-13,15-16,22H2,(H,40,41,42). The number of aromatic nitrogens is 4. The van der Waals surface area contributed by atoms with E-state index in [0.29, 0.717) is 55.9 Å². The number of hydrogen-bond acceptors (Lipinski definition) is 9. The van der Waals surface area contributed by atoms with Crippen molar-refractivity contribution < 1.29 is 22.3 Å². The van der Waals surface area contributed by atoms with Crippen molar-refractivity contribution in [1.82, 2.24) is 24.8 Å². The lowest BCUT2D eigenvalue weighted by atomic mass is 9.89. The fraction of sp³-hybridized carbons (Fsp3) is 0.229. The number of anilines is 2. The van der Waals surface area contributed by atoms with E-state index >= 15 is 0 Å². The Kier molecular flexibility index (Phi) is 10.7. The van der Waals surface area contributed by atoms with E-state index in [4.69, 9.17) is 14.5 Å². The number of hydrogen-bond donors (Lipinski definition) is 1. The van der Waals surface area contributed by atoms with Crippen LogP contribution in [0.1, 0.15) is 36.2 Å². The minimum absolute atomic E-state index is 0.230. The van der Waals surface area contributed by atoms with E-state index in [1.807, 2.05) is 54.6 Å². The van der Waals surface area contributed by atoms with Crippen LogP contribution in [0, 0.1) is 5.82 Å². The van der Waals surface area contributed by atoms with Gasteiger partial charge in [0, 0.05) is 48.9 Å². The Hall–Kier alpha value is -4.72. The second-order valence-corrected chi connectivity index (χ2v) is 12.8. The SMILES string of the molecule is O=S(=O)=CN(CCCC1(c2cc3c(Nc4ccc(OCc5cccc(F)c5)c(Br)c4)ncnc3cn2)CC=CO1)CCc1ccccn1. The molecule has 13 heteroatoms. The average Bonchev–Trinajstić information content (AvgIpc) is 3.57. The number of nitrogens with zero attached hydrogens (tertiary/aromatic N) is 5. The molecule has 0 amide bonds. The molecule has 0 aliphatic carbocycles. The topological polar surface area (TPSA) is 119 Å². The molecule has 3 aromatic heterocycles. The smallest absolute Gasteiger partial charge is 0.225 e. The summed E-state index contributed by atoms with van der Waals surface area (Å²) < 4.78 is 49.5. The Morgan fingerprint density at radius 3 is 2.73 bits per heavy atom. The van der Waals surface area contributed by atoms with Crippen molar-refractivity contribution in [1.29, 1.82) is 0 Å². The maximum atomic E-state index is 13.6. The molecule has 1 unspecified atom stereocenters. The van der Waals surface area contributed by atoms with Gasteiger partial charge in [-0.1, -0.05) is 18.2 Å². The third-order valence-corrected chi connectivity index (χ3v) is 9.04. The molecular formula is C35H32BrFN6O4S. The van der Waals surface area contributed by atoms with E-state index < -0.39 is 15.9 Å². The van der Waals surface area contributed by atoms with Gasteiger partial charge in [0.1, 0.15) is 35.8 Å². The molecule has 2 aromatic carbocycles. The average molecular weight is 732 g/mol. The summed E-state index contributed by atoms with van der Waals surface area (Å²) >= 11 is 3.58. The maximum Gasteiger partial charge on any atom is 0.225 e. The third kappa shape index (κ3) is 8.40. The fourth-order valence-corrected chi connectivity index (χ4v) is 6.51. The molecule has 6 rings (SSSR count). The highest BCUT2D eigenvalue weighted by molar-refractivity contribution is 9.10. The van der Waals surface area contributed by atoms with Gasteiger partial charge in [0.2, 0.25) is 10.3 Å². The van der Waals surface area contributed by atoms with Gasteiger partial charge in [0.15, 0.2) is 5.60 Å². The van der Waals surface area contributed by atoms with Crippen LogP contribution in [0.3, 0.4) is 0 Å². The van der Waals surface area contributed by atoms with Crippen molar-refractivity contribution in [3.05, 3.63) is 125 Å². The van der Waals surface area contributed by atoms with Gasteiger partial charge in [-0.2, -0.15) is 8.42 Å². The molecule has 0 fully saturated rings. The summed E-state index contributed by atoms with van der Waals surface area (Å²) in [7, 11) is -2.32. The molecule has 5 aromatic rings. The zero-order valence-corrected chi connectivity index (χ0v) is 28.2. The molecule has 0 saturated heterocycles. The Balaban J connectivity index is 1.16. The summed E-state index contributed by atoms with van der Waals surface area (Å²) in [5, 5.41) is 4.16. The van der Waals surface area contributed by atoms with Gasteiger partial charge in [-0.05, 0) is 88.9 Å². The normalized spacial score (nSPS) is 15.4.